The van der Waals surface area contributed by atoms with Crippen molar-refractivity contribution in [2.45, 2.75) is 50.2 Å². The Morgan fingerprint density at radius 3 is 2.28 bits per heavy atom. The average Bonchev–Trinajstić information content (AvgIpc) is 2.40. The minimum absolute atomic E-state index is 0.00458. The second-order valence-corrected chi connectivity index (χ2v) is 8.66. The van der Waals surface area contributed by atoms with Crippen molar-refractivity contribution in [3.05, 3.63) is 0 Å². The van der Waals surface area contributed by atoms with Crippen LogP contribution in [0.3, 0.4) is 0 Å². The van der Waals surface area contributed by atoms with Crippen LogP contribution in [0.25, 0.3) is 0 Å². The molecule has 1 aliphatic carbocycles. The molecule has 0 radical (unpaired) electrons. The molecule has 1 saturated heterocycles. The van der Waals surface area contributed by atoms with Crippen molar-refractivity contribution in [1.29, 1.82) is 0 Å². The molecule has 0 bridgehead atoms. The summed E-state index contributed by atoms with van der Waals surface area (Å²) in [6.07, 6.45) is 7.08. The Labute approximate surface area is 119 Å². The van der Waals surface area contributed by atoms with E-state index in [1.54, 1.807) is 0 Å². The molecule has 0 unspecified atom stereocenters. The molecule has 3 nitrogen and oxygen atoms in total. The first-order chi connectivity index (χ1) is 8.58. The highest BCUT2D eigenvalue weighted by molar-refractivity contribution is 9.09. The Morgan fingerprint density at radius 2 is 1.72 bits per heavy atom. The van der Waals surface area contributed by atoms with Crippen molar-refractivity contribution in [3.8, 4) is 0 Å². The third kappa shape index (κ3) is 3.48. The second-order valence-electron chi connectivity index (χ2n) is 5.81. The number of hydrogen-bond donors (Lipinski definition) is 0. The van der Waals surface area contributed by atoms with Gasteiger partial charge in [0.05, 0.1) is 11.0 Å². The SMILES string of the molecule is O=S(=O)(CC1(CBr)CCCCC1)C1CCOCC1. The first-order valence-electron chi connectivity index (χ1n) is 6.93. The Hall–Kier alpha value is 0.390. The Balaban J connectivity index is 2.05. The van der Waals surface area contributed by atoms with Crippen LogP contribution < -0.4 is 0 Å². The first-order valence-corrected chi connectivity index (χ1v) is 9.77. The maximum atomic E-state index is 12.5. The largest absolute Gasteiger partial charge is 0.381 e. The van der Waals surface area contributed by atoms with Gasteiger partial charge in [0.25, 0.3) is 0 Å². The molecule has 2 rings (SSSR count). The zero-order valence-electron chi connectivity index (χ0n) is 10.9. The van der Waals surface area contributed by atoms with E-state index < -0.39 is 9.84 Å². The maximum Gasteiger partial charge on any atom is 0.153 e. The van der Waals surface area contributed by atoms with Crippen LogP contribution in [-0.2, 0) is 14.6 Å². The Morgan fingerprint density at radius 1 is 1.11 bits per heavy atom. The van der Waals surface area contributed by atoms with E-state index >= 15 is 0 Å². The number of halogens is 1. The molecule has 0 aromatic rings. The van der Waals surface area contributed by atoms with Gasteiger partial charge in [-0.25, -0.2) is 8.42 Å². The molecule has 0 spiro atoms. The highest BCUT2D eigenvalue weighted by Crippen LogP contribution is 2.40. The fourth-order valence-corrected chi connectivity index (χ4v) is 6.61. The fraction of sp³-hybridized carbons (Fsp3) is 1.00. The topological polar surface area (TPSA) is 43.4 Å². The van der Waals surface area contributed by atoms with E-state index in [1.165, 1.54) is 19.3 Å². The zero-order chi connectivity index (χ0) is 13.1. The van der Waals surface area contributed by atoms with Crippen molar-refractivity contribution in [2.75, 3.05) is 24.3 Å². The summed E-state index contributed by atoms with van der Waals surface area (Å²) < 4.78 is 30.3. The molecule has 0 aromatic carbocycles. The van der Waals surface area contributed by atoms with Crippen molar-refractivity contribution < 1.29 is 13.2 Å². The van der Waals surface area contributed by atoms with Crippen LogP contribution >= 0.6 is 15.9 Å². The molecular weight excluding hydrogens is 316 g/mol. The molecule has 106 valence electrons. The molecule has 0 atom stereocenters. The van der Waals surface area contributed by atoms with Crippen molar-refractivity contribution in [3.63, 3.8) is 0 Å². The number of sulfone groups is 1. The minimum atomic E-state index is -2.96. The van der Waals surface area contributed by atoms with E-state index in [2.05, 4.69) is 15.9 Å². The lowest BCUT2D eigenvalue weighted by Gasteiger charge is -2.37. The fourth-order valence-electron chi connectivity index (χ4n) is 3.20. The predicted molar refractivity (Wildman–Crippen MR) is 76.9 cm³/mol. The van der Waals surface area contributed by atoms with Gasteiger partial charge < -0.3 is 4.74 Å². The van der Waals surface area contributed by atoms with Gasteiger partial charge in [-0.2, -0.15) is 0 Å². The Kier molecular flexibility index (Phi) is 5.12. The highest BCUT2D eigenvalue weighted by Gasteiger charge is 2.39. The van der Waals surface area contributed by atoms with Gasteiger partial charge in [-0.1, -0.05) is 35.2 Å². The minimum Gasteiger partial charge on any atom is -0.381 e. The van der Waals surface area contributed by atoms with Gasteiger partial charge >= 0.3 is 0 Å². The van der Waals surface area contributed by atoms with Gasteiger partial charge in [0, 0.05) is 18.5 Å². The molecule has 2 aliphatic rings. The normalized spacial score (nSPS) is 26.1. The smallest absolute Gasteiger partial charge is 0.153 e. The van der Waals surface area contributed by atoms with Crippen LogP contribution in [0.2, 0.25) is 0 Å². The third-order valence-electron chi connectivity index (χ3n) is 4.38. The van der Waals surface area contributed by atoms with Crippen molar-refractivity contribution >= 4 is 25.8 Å². The van der Waals surface area contributed by atoms with Gasteiger partial charge in [-0.3, -0.25) is 0 Å². The lowest BCUT2D eigenvalue weighted by Crippen LogP contribution is -2.40. The summed E-state index contributed by atoms with van der Waals surface area (Å²) in [5.41, 5.74) is -0.00458. The number of ether oxygens (including phenoxy) is 1. The van der Waals surface area contributed by atoms with Gasteiger partial charge in [0.2, 0.25) is 0 Å². The predicted octanol–water partition coefficient (Wildman–Crippen LogP) is 2.93. The third-order valence-corrected chi connectivity index (χ3v) is 8.07. The van der Waals surface area contributed by atoms with Crippen LogP contribution in [0.5, 0.6) is 0 Å². The van der Waals surface area contributed by atoms with Gasteiger partial charge in [0.1, 0.15) is 0 Å². The van der Waals surface area contributed by atoms with E-state index in [-0.39, 0.29) is 10.7 Å². The van der Waals surface area contributed by atoms with E-state index in [1.807, 2.05) is 0 Å². The van der Waals surface area contributed by atoms with Crippen LogP contribution in [0.1, 0.15) is 44.9 Å². The summed E-state index contributed by atoms with van der Waals surface area (Å²) in [4.78, 5) is 0. The van der Waals surface area contributed by atoms with Gasteiger partial charge in [-0.05, 0) is 31.1 Å². The highest BCUT2D eigenvalue weighted by atomic mass is 79.9. The molecule has 0 amide bonds. The number of rotatable bonds is 4. The van der Waals surface area contributed by atoms with E-state index in [0.717, 1.165) is 18.2 Å². The van der Waals surface area contributed by atoms with E-state index in [4.69, 9.17) is 4.74 Å². The van der Waals surface area contributed by atoms with Crippen LogP contribution in [0, 0.1) is 5.41 Å². The molecule has 18 heavy (non-hydrogen) atoms. The van der Waals surface area contributed by atoms with E-state index in [9.17, 15) is 8.42 Å². The Bertz CT molecular complexity index is 354. The van der Waals surface area contributed by atoms with Gasteiger partial charge in [-0.15, -0.1) is 0 Å². The standard InChI is InChI=1S/C13H23BrO3S/c14-10-13(6-2-1-3-7-13)11-18(15,16)12-4-8-17-9-5-12/h12H,1-11H2. The molecule has 5 heteroatoms. The summed E-state index contributed by atoms with van der Waals surface area (Å²) in [6, 6.07) is 0. The van der Waals surface area contributed by atoms with Crippen molar-refractivity contribution in [1.82, 2.24) is 0 Å². The summed E-state index contributed by atoms with van der Waals surface area (Å²) >= 11 is 3.56. The molecule has 2 fully saturated rings. The average molecular weight is 339 g/mol. The van der Waals surface area contributed by atoms with E-state index in [0.29, 0.717) is 31.8 Å². The lowest BCUT2D eigenvalue weighted by molar-refractivity contribution is 0.0980. The zero-order valence-corrected chi connectivity index (χ0v) is 13.3. The molecule has 1 heterocycles. The van der Waals surface area contributed by atoms with Gasteiger partial charge in [0.15, 0.2) is 9.84 Å². The number of hydrogen-bond acceptors (Lipinski definition) is 3. The maximum absolute atomic E-state index is 12.5. The molecule has 0 N–H and O–H groups in total. The van der Waals surface area contributed by atoms with Crippen LogP contribution in [0.15, 0.2) is 0 Å². The molecule has 1 saturated carbocycles. The monoisotopic (exact) mass is 338 g/mol. The molecule has 1 aliphatic heterocycles. The molecule has 0 aromatic heterocycles. The first kappa shape index (κ1) is 14.8. The summed E-state index contributed by atoms with van der Waals surface area (Å²) in [6.45, 7) is 1.20. The van der Waals surface area contributed by atoms with Crippen LogP contribution in [-0.4, -0.2) is 38.0 Å². The summed E-state index contributed by atoms with van der Waals surface area (Å²) in [5, 5.41) is 0.659. The second kappa shape index (κ2) is 6.23. The summed E-state index contributed by atoms with van der Waals surface area (Å²) in [7, 11) is -2.96. The lowest BCUT2D eigenvalue weighted by atomic mass is 9.77. The quantitative estimate of drug-likeness (QED) is 0.740. The van der Waals surface area contributed by atoms with Crippen LogP contribution in [0.4, 0.5) is 0 Å². The number of alkyl halides is 1. The summed E-state index contributed by atoms with van der Waals surface area (Å²) in [5.74, 6) is 0.371. The van der Waals surface area contributed by atoms with Crippen molar-refractivity contribution in [2.24, 2.45) is 5.41 Å². The molecular formula is C13H23BrO3S.